The summed E-state index contributed by atoms with van der Waals surface area (Å²) >= 11 is 0. The van der Waals surface area contributed by atoms with E-state index in [9.17, 15) is 0 Å². The van der Waals surface area contributed by atoms with Gasteiger partial charge >= 0.3 is 0 Å². The van der Waals surface area contributed by atoms with Crippen molar-refractivity contribution in [1.82, 2.24) is 4.98 Å². The first-order valence-corrected chi connectivity index (χ1v) is 7.30. The molecule has 19 heavy (non-hydrogen) atoms. The molecule has 0 spiro atoms. The van der Waals surface area contributed by atoms with Crippen molar-refractivity contribution < 1.29 is 4.74 Å². The van der Waals surface area contributed by atoms with Crippen LogP contribution < -0.4 is 11.5 Å². The van der Waals surface area contributed by atoms with Gasteiger partial charge in [0.1, 0.15) is 0 Å². The predicted molar refractivity (Wildman–Crippen MR) is 77.6 cm³/mol. The Labute approximate surface area is 115 Å². The molecule has 4 N–H and O–H groups in total. The zero-order valence-electron chi connectivity index (χ0n) is 11.7. The van der Waals surface area contributed by atoms with Gasteiger partial charge in [-0.2, -0.15) is 0 Å². The van der Waals surface area contributed by atoms with Gasteiger partial charge in [0.15, 0.2) is 0 Å². The highest BCUT2D eigenvalue weighted by Gasteiger charge is 2.30. The SMILES string of the molecule is CCOC(C1CCCCC1)C(N)c1cnccc1N. The van der Waals surface area contributed by atoms with E-state index in [-0.39, 0.29) is 12.1 Å². The average molecular weight is 263 g/mol. The van der Waals surface area contributed by atoms with E-state index in [0.717, 1.165) is 5.56 Å². The monoisotopic (exact) mass is 263 g/mol. The Bertz CT molecular complexity index is 391. The Morgan fingerprint density at radius 3 is 2.74 bits per heavy atom. The van der Waals surface area contributed by atoms with E-state index in [0.29, 0.717) is 18.2 Å². The van der Waals surface area contributed by atoms with Gasteiger partial charge in [-0.3, -0.25) is 4.98 Å². The number of hydrogen-bond acceptors (Lipinski definition) is 4. The molecule has 0 amide bonds. The number of nitrogens with two attached hydrogens (primary N) is 2. The van der Waals surface area contributed by atoms with Gasteiger partial charge < -0.3 is 16.2 Å². The maximum Gasteiger partial charge on any atom is 0.0796 e. The van der Waals surface area contributed by atoms with Crippen molar-refractivity contribution in [1.29, 1.82) is 0 Å². The fraction of sp³-hybridized carbons (Fsp3) is 0.667. The number of rotatable bonds is 5. The molecule has 0 aliphatic heterocycles. The summed E-state index contributed by atoms with van der Waals surface area (Å²) in [4.78, 5) is 4.14. The summed E-state index contributed by atoms with van der Waals surface area (Å²) in [6.45, 7) is 2.71. The van der Waals surface area contributed by atoms with Crippen LogP contribution in [0, 0.1) is 5.92 Å². The van der Waals surface area contributed by atoms with Crippen LogP contribution in [-0.2, 0) is 4.74 Å². The van der Waals surface area contributed by atoms with Crippen LogP contribution in [0.4, 0.5) is 5.69 Å². The molecule has 1 fully saturated rings. The summed E-state index contributed by atoms with van der Waals surface area (Å²) in [6.07, 6.45) is 9.83. The summed E-state index contributed by atoms with van der Waals surface area (Å²) in [5.74, 6) is 0.545. The molecular weight excluding hydrogens is 238 g/mol. The van der Waals surface area contributed by atoms with Gasteiger partial charge in [0.2, 0.25) is 0 Å². The fourth-order valence-electron chi connectivity index (χ4n) is 3.06. The highest BCUT2D eigenvalue weighted by Crippen LogP contribution is 2.34. The van der Waals surface area contributed by atoms with Crippen LogP contribution in [0.5, 0.6) is 0 Å². The summed E-state index contributed by atoms with van der Waals surface area (Å²) in [5, 5.41) is 0. The molecule has 1 aliphatic carbocycles. The molecule has 1 aliphatic rings. The first-order valence-electron chi connectivity index (χ1n) is 7.30. The molecule has 2 atom stereocenters. The number of nitrogen functional groups attached to an aromatic ring is 1. The van der Waals surface area contributed by atoms with Gasteiger partial charge in [-0.05, 0) is 31.7 Å². The lowest BCUT2D eigenvalue weighted by Gasteiger charge is -2.34. The third-order valence-corrected chi connectivity index (χ3v) is 4.07. The lowest BCUT2D eigenvalue weighted by molar-refractivity contribution is -0.00977. The third kappa shape index (κ3) is 3.45. The van der Waals surface area contributed by atoms with Crippen LogP contribution in [0.2, 0.25) is 0 Å². The standard InChI is InChI=1S/C15H25N3O/c1-2-19-15(11-6-4-3-5-7-11)14(17)12-10-18-9-8-13(12)16/h8-11,14-15H,2-7,17H2,1H3,(H2,16,18). The van der Waals surface area contributed by atoms with Crippen LogP contribution in [0.25, 0.3) is 0 Å². The van der Waals surface area contributed by atoms with E-state index in [1.165, 1.54) is 32.1 Å². The molecule has 1 aromatic heterocycles. The largest absolute Gasteiger partial charge is 0.398 e. The van der Waals surface area contributed by atoms with Crippen molar-refractivity contribution in [2.24, 2.45) is 11.7 Å². The molecule has 0 aromatic carbocycles. The first-order chi connectivity index (χ1) is 9.24. The van der Waals surface area contributed by atoms with Crippen LogP contribution in [0.1, 0.15) is 50.6 Å². The maximum absolute atomic E-state index is 6.41. The zero-order valence-corrected chi connectivity index (χ0v) is 11.7. The van der Waals surface area contributed by atoms with E-state index in [2.05, 4.69) is 4.98 Å². The number of anilines is 1. The van der Waals surface area contributed by atoms with E-state index in [1.807, 2.05) is 6.92 Å². The van der Waals surface area contributed by atoms with Gasteiger partial charge in [-0.25, -0.2) is 0 Å². The van der Waals surface area contributed by atoms with E-state index < -0.39 is 0 Å². The smallest absolute Gasteiger partial charge is 0.0796 e. The van der Waals surface area contributed by atoms with Crippen LogP contribution >= 0.6 is 0 Å². The second kappa shape index (κ2) is 6.87. The van der Waals surface area contributed by atoms with Crippen molar-refractivity contribution in [2.45, 2.75) is 51.2 Å². The van der Waals surface area contributed by atoms with Crippen molar-refractivity contribution in [2.75, 3.05) is 12.3 Å². The Balaban J connectivity index is 2.15. The highest BCUT2D eigenvalue weighted by atomic mass is 16.5. The van der Waals surface area contributed by atoms with Gasteiger partial charge in [-0.15, -0.1) is 0 Å². The van der Waals surface area contributed by atoms with Crippen molar-refractivity contribution in [3.8, 4) is 0 Å². The van der Waals surface area contributed by atoms with Gasteiger partial charge in [0.05, 0.1) is 12.1 Å². The summed E-state index contributed by atoms with van der Waals surface area (Å²) < 4.78 is 5.94. The van der Waals surface area contributed by atoms with E-state index >= 15 is 0 Å². The molecule has 0 bridgehead atoms. The Hall–Kier alpha value is -1.13. The molecule has 4 nitrogen and oxygen atoms in total. The molecule has 0 saturated heterocycles. The molecule has 2 rings (SSSR count). The summed E-state index contributed by atoms with van der Waals surface area (Å²) in [7, 11) is 0. The van der Waals surface area contributed by atoms with E-state index in [4.69, 9.17) is 16.2 Å². The number of pyridine rings is 1. The topological polar surface area (TPSA) is 74.2 Å². The molecule has 2 unspecified atom stereocenters. The molecular formula is C15H25N3O. The summed E-state index contributed by atoms with van der Waals surface area (Å²) in [5.41, 5.74) is 14.0. The molecule has 4 heteroatoms. The lowest BCUT2D eigenvalue weighted by Crippen LogP contribution is -2.37. The minimum Gasteiger partial charge on any atom is -0.398 e. The number of nitrogens with zero attached hydrogens (tertiary/aromatic N) is 1. The predicted octanol–water partition coefficient (Wildman–Crippen LogP) is 2.65. The number of aromatic nitrogens is 1. The molecule has 1 aromatic rings. The Morgan fingerprint density at radius 1 is 1.37 bits per heavy atom. The lowest BCUT2D eigenvalue weighted by atomic mass is 9.81. The molecule has 106 valence electrons. The van der Waals surface area contributed by atoms with Crippen molar-refractivity contribution in [3.63, 3.8) is 0 Å². The summed E-state index contributed by atoms with van der Waals surface area (Å²) in [6, 6.07) is 1.62. The second-order valence-electron chi connectivity index (χ2n) is 5.35. The van der Waals surface area contributed by atoms with Gasteiger partial charge in [-0.1, -0.05) is 19.3 Å². The minimum atomic E-state index is -0.184. The second-order valence-corrected chi connectivity index (χ2v) is 5.35. The zero-order chi connectivity index (χ0) is 13.7. The molecule has 1 saturated carbocycles. The number of ether oxygens (including phenoxy) is 1. The Morgan fingerprint density at radius 2 is 2.11 bits per heavy atom. The minimum absolute atomic E-state index is 0.0526. The Kier molecular flexibility index (Phi) is 5.16. The average Bonchev–Trinajstić information content (AvgIpc) is 2.45. The van der Waals surface area contributed by atoms with E-state index in [1.54, 1.807) is 18.5 Å². The molecule has 0 radical (unpaired) electrons. The normalized spacial score (nSPS) is 20.1. The third-order valence-electron chi connectivity index (χ3n) is 4.07. The van der Waals surface area contributed by atoms with Gasteiger partial charge in [0.25, 0.3) is 0 Å². The highest BCUT2D eigenvalue weighted by molar-refractivity contribution is 5.46. The first kappa shape index (κ1) is 14.3. The fourth-order valence-corrected chi connectivity index (χ4v) is 3.06. The van der Waals surface area contributed by atoms with Gasteiger partial charge in [0, 0.05) is 30.3 Å². The van der Waals surface area contributed by atoms with Crippen molar-refractivity contribution >= 4 is 5.69 Å². The quantitative estimate of drug-likeness (QED) is 0.856. The maximum atomic E-state index is 6.41. The van der Waals surface area contributed by atoms with Crippen molar-refractivity contribution in [3.05, 3.63) is 24.0 Å². The number of hydrogen-bond donors (Lipinski definition) is 2. The van der Waals surface area contributed by atoms with Crippen LogP contribution in [-0.4, -0.2) is 17.7 Å². The molecule has 1 heterocycles. The van der Waals surface area contributed by atoms with Crippen LogP contribution in [0.15, 0.2) is 18.5 Å². The van der Waals surface area contributed by atoms with Crippen LogP contribution in [0.3, 0.4) is 0 Å².